The molecule has 60 valence electrons. The van der Waals surface area contributed by atoms with Gasteiger partial charge >= 0.3 is 0 Å². The summed E-state index contributed by atoms with van der Waals surface area (Å²) in [5.41, 5.74) is 0.944. The molecule has 12 heavy (non-hydrogen) atoms. The molecule has 3 heteroatoms. The Morgan fingerprint density at radius 1 is 1.17 bits per heavy atom. The van der Waals surface area contributed by atoms with Gasteiger partial charge in [0.05, 0.1) is 5.69 Å². The van der Waals surface area contributed by atoms with E-state index in [1.165, 1.54) is 6.33 Å². The van der Waals surface area contributed by atoms with Crippen molar-refractivity contribution in [3.63, 3.8) is 0 Å². The zero-order valence-corrected chi connectivity index (χ0v) is 7.07. The van der Waals surface area contributed by atoms with Gasteiger partial charge in [-0.25, -0.2) is 9.97 Å². The normalized spacial score (nSPS) is 15.8. The quantitative estimate of drug-likeness (QED) is 0.617. The molecule has 0 fully saturated rings. The van der Waals surface area contributed by atoms with Gasteiger partial charge in [-0.2, -0.15) is 0 Å². The molecular formula is C9H7ClN2. The highest BCUT2D eigenvalue weighted by molar-refractivity contribution is 6.29. The van der Waals surface area contributed by atoms with Gasteiger partial charge < -0.3 is 0 Å². The van der Waals surface area contributed by atoms with Crippen LogP contribution in [0.3, 0.4) is 0 Å². The Bertz CT molecular complexity index is 332. The smallest absolute Gasteiger partial charge is 0.132 e. The molecule has 1 aliphatic carbocycles. The molecule has 1 aromatic heterocycles. The maximum absolute atomic E-state index is 5.72. The van der Waals surface area contributed by atoms with Crippen LogP contribution in [0.5, 0.6) is 0 Å². The summed E-state index contributed by atoms with van der Waals surface area (Å²) in [5.74, 6) is 0.269. The van der Waals surface area contributed by atoms with E-state index in [1.54, 1.807) is 6.07 Å². The minimum Gasteiger partial charge on any atom is -0.240 e. The van der Waals surface area contributed by atoms with Crippen molar-refractivity contribution in [3.8, 4) is 0 Å². The Labute approximate surface area is 75.6 Å². The van der Waals surface area contributed by atoms with Gasteiger partial charge in [-0.15, -0.1) is 0 Å². The van der Waals surface area contributed by atoms with Gasteiger partial charge in [0.2, 0.25) is 0 Å². The van der Waals surface area contributed by atoms with Gasteiger partial charge in [-0.1, -0.05) is 35.9 Å². The Morgan fingerprint density at radius 3 is 2.58 bits per heavy atom. The lowest BCUT2D eigenvalue weighted by atomic mass is 10.1. The molecule has 1 aromatic rings. The number of nitrogens with zero attached hydrogens (tertiary/aromatic N) is 2. The summed E-state index contributed by atoms with van der Waals surface area (Å²) in [4.78, 5) is 7.94. The van der Waals surface area contributed by atoms with Gasteiger partial charge in [0.15, 0.2) is 0 Å². The van der Waals surface area contributed by atoms with E-state index in [2.05, 4.69) is 22.1 Å². The van der Waals surface area contributed by atoms with Crippen molar-refractivity contribution in [2.24, 2.45) is 0 Å². The van der Waals surface area contributed by atoms with Gasteiger partial charge in [-0.3, -0.25) is 0 Å². The van der Waals surface area contributed by atoms with Gasteiger partial charge in [0.1, 0.15) is 11.5 Å². The Kier molecular flexibility index (Phi) is 1.92. The fraction of sp³-hybridized carbons (Fsp3) is 0.111. The summed E-state index contributed by atoms with van der Waals surface area (Å²) in [6, 6.07) is 1.78. The van der Waals surface area contributed by atoms with E-state index in [1.807, 2.05) is 12.2 Å². The van der Waals surface area contributed by atoms with E-state index in [-0.39, 0.29) is 5.92 Å². The molecule has 0 saturated carbocycles. The van der Waals surface area contributed by atoms with Gasteiger partial charge in [0.25, 0.3) is 0 Å². The van der Waals surface area contributed by atoms with Crippen LogP contribution >= 0.6 is 11.6 Å². The molecule has 0 radical (unpaired) electrons. The second-order valence-corrected chi connectivity index (χ2v) is 2.95. The zero-order valence-electron chi connectivity index (χ0n) is 6.31. The van der Waals surface area contributed by atoms with Crippen molar-refractivity contribution in [2.75, 3.05) is 0 Å². The van der Waals surface area contributed by atoms with Crippen LogP contribution in [0.1, 0.15) is 11.6 Å². The number of hydrogen-bond acceptors (Lipinski definition) is 2. The molecule has 2 nitrogen and oxygen atoms in total. The molecule has 0 spiro atoms. The maximum atomic E-state index is 5.72. The molecule has 0 bridgehead atoms. The molecule has 0 saturated heterocycles. The minimum absolute atomic E-state index is 0.269. The van der Waals surface area contributed by atoms with Crippen LogP contribution in [0.15, 0.2) is 36.7 Å². The van der Waals surface area contributed by atoms with E-state index >= 15 is 0 Å². The third kappa shape index (κ3) is 1.38. The SMILES string of the molecule is Clc1cc(C2C=CC=C2)ncn1. The second-order valence-electron chi connectivity index (χ2n) is 2.56. The summed E-state index contributed by atoms with van der Waals surface area (Å²) >= 11 is 5.72. The van der Waals surface area contributed by atoms with Crippen LogP contribution < -0.4 is 0 Å². The molecule has 0 aromatic carbocycles. The van der Waals surface area contributed by atoms with E-state index in [9.17, 15) is 0 Å². The number of halogens is 1. The van der Waals surface area contributed by atoms with E-state index in [4.69, 9.17) is 11.6 Å². The maximum Gasteiger partial charge on any atom is 0.132 e. The molecule has 2 rings (SSSR count). The fourth-order valence-corrected chi connectivity index (χ4v) is 1.31. The largest absolute Gasteiger partial charge is 0.240 e. The number of rotatable bonds is 1. The average molecular weight is 179 g/mol. The summed E-state index contributed by atoms with van der Waals surface area (Å²) < 4.78 is 0. The second kappa shape index (κ2) is 3.07. The molecule has 1 aliphatic rings. The first kappa shape index (κ1) is 7.50. The van der Waals surface area contributed by atoms with Crippen molar-refractivity contribution in [2.45, 2.75) is 5.92 Å². The summed E-state index contributed by atoms with van der Waals surface area (Å²) in [6.45, 7) is 0. The summed E-state index contributed by atoms with van der Waals surface area (Å²) in [7, 11) is 0. The van der Waals surface area contributed by atoms with E-state index < -0.39 is 0 Å². The first-order chi connectivity index (χ1) is 5.86. The van der Waals surface area contributed by atoms with Crippen molar-refractivity contribution >= 4 is 11.6 Å². The van der Waals surface area contributed by atoms with E-state index in [0.29, 0.717) is 5.15 Å². The van der Waals surface area contributed by atoms with Gasteiger partial charge in [-0.05, 0) is 6.07 Å². The summed E-state index contributed by atoms with van der Waals surface area (Å²) in [5, 5.41) is 0.494. The molecular weight excluding hydrogens is 172 g/mol. The standard InChI is InChI=1S/C9H7ClN2/c10-9-5-8(11-6-12-9)7-3-1-2-4-7/h1-7H. The zero-order chi connectivity index (χ0) is 8.39. The minimum atomic E-state index is 0.269. The van der Waals surface area contributed by atoms with Crippen LogP contribution in [0.4, 0.5) is 0 Å². The predicted octanol–water partition coefficient (Wildman–Crippen LogP) is 2.34. The molecule has 0 N–H and O–H groups in total. The number of aromatic nitrogens is 2. The van der Waals surface area contributed by atoms with Crippen molar-refractivity contribution in [1.29, 1.82) is 0 Å². The van der Waals surface area contributed by atoms with E-state index in [0.717, 1.165) is 5.69 Å². The summed E-state index contributed by atoms with van der Waals surface area (Å²) in [6.07, 6.45) is 9.62. The third-order valence-electron chi connectivity index (χ3n) is 1.74. The van der Waals surface area contributed by atoms with Crippen LogP contribution in [0, 0.1) is 0 Å². The third-order valence-corrected chi connectivity index (χ3v) is 1.95. The van der Waals surface area contributed by atoms with Crippen molar-refractivity contribution in [3.05, 3.63) is 47.5 Å². The lowest BCUT2D eigenvalue weighted by Gasteiger charge is -2.02. The van der Waals surface area contributed by atoms with Crippen LogP contribution in [0.25, 0.3) is 0 Å². The highest BCUT2D eigenvalue weighted by Crippen LogP contribution is 2.21. The van der Waals surface area contributed by atoms with Gasteiger partial charge in [0, 0.05) is 5.92 Å². The highest BCUT2D eigenvalue weighted by atomic mass is 35.5. The first-order valence-corrected chi connectivity index (χ1v) is 4.06. The molecule has 0 unspecified atom stereocenters. The lowest BCUT2D eigenvalue weighted by molar-refractivity contribution is 0.975. The number of hydrogen-bond donors (Lipinski definition) is 0. The Balaban J connectivity index is 2.34. The van der Waals surface area contributed by atoms with Crippen molar-refractivity contribution < 1.29 is 0 Å². The topological polar surface area (TPSA) is 25.8 Å². The highest BCUT2D eigenvalue weighted by Gasteiger charge is 2.08. The van der Waals surface area contributed by atoms with Crippen LogP contribution in [-0.2, 0) is 0 Å². The van der Waals surface area contributed by atoms with Crippen LogP contribution in [0.2, 0.25) is 5.15 Å². The molecule has 0 amide bonds. The average Bonchev–Trinajstić information content (AvgIpc) is 2.56. The fourth-order valence-electron chi connectivity index (χ4n) is 1.16. The predicted molar refractivity (Wildman–Crippen MR) is 48.1 cm³/mol. The monoisotopic (exact) mass is 178 g/mol. The Morgan fingerprint density at radius 2 is 1.92 bits per heavy atom. The molecule has 0 atom stereocenters. The van der Waals surface area contributed by atoms with Crippen LogP contribution in [-0.4, -0.2) is 9.97 Å². The first-order valence-electron chi connectivity index (χ1n) is 3.69. The molecule has 0 aliphatic heterocycles. The Hall–Kier alpha value is -1.15. The number of allylic oxidation sites excluding steroid dienone is 4. The molecule has 1 heterocycles. The van der Waals surface area contributed by atoms with Crippen molar-refractivity contribution in [1.82, 2.24) is 9.97 Å². The lowest BCUT2D eigenvalue weighted by Crippen LogP contribution is -1.93.